The summed E-state index contributed by atoms with van der Waals surface area (Å²) in [5, 5.41) is 2.49. The molecule has 0 aromatic heterocycles. The molecule has 2 rings (SSSR count). The Morgan fingerprint density at radius 2 is 2.00 bits per heavy atom. The largest absolute Gasteiger partial charge is 0.496 e. The van der Waals surface area contributed by atoms with E-state index in [1.54, 1.807) is 7.11 Å². The fourth-order valence-corrected chi connectivity index (χ4v) is 1.86. The summed E-state index contributed by atoms with van der Waals surface area (Å²) >= 11 is 0. The Labute approximate surface area is 90.0 Å². The van der Waals surface area contributed by atoms with Crippen LogP contribution in [-0.2, 0) is 6.42 Å². The maximum absolute atomic E-state index is 5.36. The van der Waals surface area contributed by atoms with Crippen LogP contribution in [0.25, 0.3) is 10.8 Å². The average molecular weight is 198 g/mol. The first-order valence-electron chi connectivity index (χ1n) is 5.02. The number of hydrogen-bond donors (Lipinski definition) is 0. The SMILES string of the molecule is C=CCc1c(OC)ccc2ccccc12. The fourth-order valence-electron chi connectivity index (χ4n) is 1.86. The lowest BCUT2D eigenvalue weighted by Gasteiger charge is -2.10. The van der Waals surface area contributed by atoms with E-state index in [9.17, 15) is 0 Å². The minimum Gasteiger partial charge on any atom is -0.496 e. The van der Waals surface area contributed by atoms with Gasteiger partial charge in [0.05, 0.1) is 7.11 Å². The monoisotopic (exact) mass is 198 g/mol. The number of ether oxygens (including phenoxy) is 1. The zero-order valence-electron chi connectivity index (χ0n) is 8.86. The highest BCUT2D eigenvalue weighted by Crippen LogP contribution is 2.28. The van der Waals surface area contributed by atoms with Gasteiger partial charge in [0.25, 0.3) is 0 Å². The second-order valence-electron chi connectivity index (χ2n) is 3.46. The molecule has 0 unspecified atom stereocenters. The number of fused-ring (bicyclic) bond motifs is 1. The maximum Gasteiger partial charge on any atom is 0.123 e. The van der Waals surface area contributed by atoms with Gasteiger partial charge in [-0.2, -0.15) is 0 Å². The van der Waals surface area contributed by atoms with Crippen molar-refractivity contribution in [1.82, 2.24) is 0 Å². The summed E-state index contributed by atoms with van der Waals surface area (Å²) in [4.78, 5) is 0. The summed E-state index contributed by atoms with van der Waals surface area (Å²) in [6, 6.07) is 12.4. The highest BCUT2D eigenvalue weighted by atomic mass is 16.5. The lowest BCUT2D eigenvalue weighted by Crippen LogP contribution is -1.92. The van der Waals surface area contributed by atoms with Crippen molar-refractivity contribution in [1.29, 1.82) is 0 Å². The Hall–Kier alpha value is -1.76. The zero-order valence-corrected chi connectivity index (χ0v) is 8.86. The topological polar surface area (TPSA) is 9.23 Å². The molecule has 0 N–H and O–H groups in total. The van der Waals surface area contributed by atoms with Gasteiger partial charge in [0.15, 0.2) is 0 Å². The molecule has 0 amide bonds. The normalized spacial score (nSPS) is 10.2. The maximum atomic E-state index is 5.36. The summed E-state index contributed by atoms with van der Waals surface area (Å²) in [6.45, 7) is 3.78. The Balaban J connectivity index is 2.72. The molecule has 0 aliphatic heterocycles. The van der Waals surface area contributed by atoms with Gasteiger partial charge in [-0.3, -0.25) is 0 Å². The van der Waals surface area contributed by atoms with Gasteiger partial charge in [-0.15, -0.1) is 6.58 Å². The van der Waals surface area contributed by atoms with Crippen LogP contribution in [-0.4, -0.2) is 7.11 Å². The molecule has 1 nitrogen and oxygen atoms in total. The molecule has 0 heterocycles. The number of rotatable bonds is 3. The lowest BCUT2D eigenvalue weighted by molar-refractivity contribution is 0.411. The molecule has 0 spiro atoms. The second kappa shape index (κ2) is 4.18. The molecule has 15 heavy (non-hydrogen) atoms. The van der Waals surface area contributed by atoms with Crippen molar-refractivity contribution in [2.24, 2.45) is 0 Å². The van der Waals surface area contributed by atoms with E-state index in [0.717, 1.165) is 12.2 Å². The Bertz CT molecular complexity index is 486. The van der Waals surface area contributed by atoms with Crippen molar-refractivity contribution in [3.05, 3.63) is 54.6 Å². The van der Waals surface area contributed by atoms with E-state index >= 15 is 0 Å². The first-order valence-corrected chi connectivity index (χ1v) is 5.02. The Morgan fingerprint density at radius 3 is 2.73 bits per heavy atom. The number of benzene rings is 2. The number of allylic oxidation sites excluding steroid dienone is 1. The summed E-state index contributed by atoms with van der Waals surface area (Å²) in [6.07, 6.45) is 2.74. The Kier molecular flexibility index (Phi) is 2.72. The van der Waals surface area contributed by atoms with Gasteiger partial charge in [-0.25, -0.2) is 0 Å². The number of hydrogen-bond acceptors (Lipinski definition) is 1. The molecular weight excluding hydrogens is 184 g/mol. The fraction of sp³-hybridized carbons (Fsp3) is 0.143. The molecule has 2 aromatic carbocycles. The molecule has 0 aliphatic rings. The van der Waals surface area contributed by atoms with Crippen LogP contribution in [0.2, 0.25) is 0 Å². The molecule has 0 saturated heterocycles. The third kappa shape index (κ3) is 1.73. The van der Waals surface area contributed by atoms with Gasteiger partial charge in [0.2, 0.25) is 0 Å². The van der Waals surface area contributed by atoms with E-state index in [0.29, 0.717) is 0 Å². The van der Waals surface area contributed by atoms with E-state index in [4.69, 9.17) is 4.74 Å². The van der Waals surface area contributed by atoms with Gasteiger partial charge in [-0.1, -0.05) is 36.4 Å². The zero-order chi connectivity index (χ0) is 10.7. The summed E-state index contributed by atoms with van der Waals surface area (Å²) < 4.78 is 5.36. The average Bonchev–Trinajstić information content (AvgIpc) is 2.30. The highest BCUT2D eigenvalue weighted by molar-refractivity contribution is 5.87. The molecule has 0 aliphatic carbocycles. The minimum atomic E-state index is 0.838. The van der Waals surface area contributed by atoms with E-state index in [2.05, 4.69) is 24.8 Å². The molecule has 76 valence electrons. The van der Waals surface area contributed by atoms with Gasteiger partial charge in [-0.05, 0) is 23.3 Å². The van der Waals surface area contributed by atoms with Crippen LogP contribution in [0.4, 0.5) is 0 Å². The summed E-state index contributed by atoms with van der Waals surface area (Å²) in [5.74, 6) is 0.939. The van der Waals surface area contributed by atoms with E-state index < -0.39 is 0 Å². The van der Waals surface area contributed by atoms with Gasteiger partial charge < -0.3 is 4.74 Å². The van der Waals surface area contributed by atoms with Crippen molar-refractivity contribution in [2.75, 3.05) is 7.11 Å². The quantitative estimate of drug-likeness (QED) is 0.685. The van der Waals surface area contributed by atoms with Crippen molar-refractivity contribution in [2.45, 2.75) is 6.42 Å². The molecule has 0 radical (unpaired) electrons. The first-order chi connectivity index (χ1) is 7.36. The van der Waals surface area contributed by atoms with Crippen molar-refractivity contribution in [3.8, 4) is 5.75 Å². The smallest absolute Gasteiger partial charge is 0.123 e. The molecule has 0 bridgehead atoms. The van der Waals surface area contributed by atoms with E-state index in [1.807, 2.05) is 24.3 Å². The predicted molar refractivity (Wildman–Crippen MR) is 64.4 cm³/mol. The number of methoxy groups -OCH3 is 1. The first kappa shape index (κ1) is 9.78. The van der Waals surface area contributed by atoms with E-state index in [-0.39, 0.29) is 0 Å². The van der Waals surface area contributed by atoms with Gasteiger partial charge >= 0.3 is 0 Å². The van der Waals surface area contributed by atoms with Crippen LogP contribution >= 0.6 is 0 Å². The van der Waals surface area contributed by atoms with Crippen LogP contribution in [0.15, 0.2) is 49.1 Å². The van der Waals surface area contributed by atoms with Gasteiger partial charge in [0.1, 0.15) is 5.75 Å². The summed E-state index contributed by atoms with van der Waals surface area (Å²) in [7, 11) is 1.71. The van der Waals surface area contributed by atoms with Crippen molar-refractivity contribution < 1.29 is 4.74 Å². The van der Waals surface area contributed by atoms with Crippen LogP contribution in [0.3, 0.4) is 0 Å². The molecule has 2 aromatic rings. The molecule has 0 fully saturated rings. The van der Waals surface area contributed by atoms with Crippen LogP contribution in [0, 0.1) is 0 Å². The van der Waals surface area contributed by atoms with Crippen molar-refractivity contribution in [3.63, 3.8) is 0 Å². The van der Waals surface area contributed by atoms with E-state index in [1.165, 1.54) is 16.3 Å². The second-order valence-corrected chi connectivity index (χ2v) is 3.46. The minimum absolute atomic E-state index is 0.838. The van der Waals surface area contributed by atoms with Crippen LogP contribution < -0.4 is 4.74 Å². The van der Waals surface area contributed by atoms with Crippen LogP contribution in [0.1, 0.15) is 5.56 Å². The van der Waals surface area contributed by atoms with Crippen molar-refractivity contribution >= 4 is 10.8 Å². The molecule has 0 atom stereocenters. The molecule has 0 saturated carbocycles. The lowest BCUT2D eigenvalue weighted by atomic mass is 10.0. The molecule has 1 heteroatoms. The van der Waals surface area contributed by atoms with Gasteiger partial charge in [0, 0.05) is 5.56 Å². The third-order valence-electron chi connectivity index (χ3n) is 2.57. The Morgan fingerprint density at radius 1 is 1.20 bits per heavy atom. The summed E-state index contributed by atoms with van der Waals surface area (Å²) in [5.41, 5.74) is 1.21. The predicted octanol–water partition coefficient (Wildman–Crippen LogP) is 3.58. The standard InChI is InChI=1S/C14H14O/c1-3-6-13-12-8-5-4-7-11(12)9-10-14(13)15-2/h3-5,7-10H,1,6H2,2H3. The highest BCUT2D eigenvalue weighted by Gasteiger charge is 2.05. The van der Waals surface area contributed by atoms with Crippen LogP contribution in [0.5, 0.6) is 5.75 Å². The molecular formula is C14H14O. The third-order valence-corrected chi connectivity index (χ3v) is 2.57.